The van der Waals surface area contributed by atoms with E-state index in [4.69, 9.17) is 9.84 Å². The molecule has 12 nitrogen and oxygen atoms in total. The molecule has 6 bridgehead atoms. The van der Waals surface area contributed by atoms with Crippen LogP contribution in [0.1, 0.15) is 108 Å². The molecule has 3 amide bonds. The summed E-state index contributed by atoms with van der Waals surface area (Å²) in [6, 6.07) is 47.9. The predicted octanol–water partition coefficient (Wildman–Crippen LogP) is 13.1. The van der Waals surface area contributed by atoms with Crippen LogP contribution in [-0.2, 0) is 30.5 Å². The third-order valence-corrected chi connectivity index (χ3v) is 18.4. The van der Waals surface area contributed by atoms with Gasteiger partial charge in [0.2, 0.25) is 0 Å². The fourth-order valence-corrected chi connectivity index (χ4v) is 13.6. The van der Waals surface area contributed by atoms with Crippen molar-refractivity contribution in [2.24, 2.45) is 17.8 Å². The lowest BCUT2D eigenvalue weighted by atomic mass is 9.86. The van der Waals surface area contributed by atoms with Crippen molar-refractivity contribution in [3.8, 4) is 0 Å². The summed E-state index contributed by atoms with van der Waals surface area (Å²) < 4.78 is 33.0. The third-order valence-electron chi connectivity index (χ3n) is 18.4. The number of hydrogen-bond acceptors (Lipinski definition) is 7. The molecular formula is C69H82F2N6O6. The molecule has 438 valence electrons. The Labute approximate surface area is 489 Å². The highest BCUT2D eigenvalue weighted by atomic mass is 19.1. The number of benzene rings is 6. The van der Waals surface area contributed by atoms with Crippen molar-refractivity contribution < 1.29 is 38.1 Å². The quantitative estimate of drug-likeness (QED) is 0.178. The molecule has 12 aliphatic heterocycles. The molecule has 12 heterocycles. The first-order valence-corrected chi connectivity index (χ1v) is 30.4. The maximum absolute atomic E-state index is 13.5. The molecule has 2 N–H and O–H groups in total. The third kappa shape index (κ3) is 15.8. The van der Waals surface area contributed by atoms with Crippen molar-refractivity contribution in [3.05, 3.63) is 214 Å². The van der Waals surface area contributed by atoms with E-state index in [9.17, 15) is 28.3 Å². The second-order valence-corrected chi connectivity index (χ2v) is 23.6. The summed E-state index contributed by atoms with van der Waals surface area (Å²) in [6.07, 6.45) is 11.4. The number of carboxylic acid groups (broad SMARTS) is 2. The summed E-state index contributed by atoms with van der Waals surface area (Å²) >= 11 is 0. The van der Waals surface area contributed by atoms with E-state index >= 15 is 0 Å². The number of fused-ring (bicyclic) bond motifs is 12. The molecule has 0 unspecified atom stereocenters. The van der Waals surface area contributed by atoms with Crippen LogP contribution in [0.5, 0.6) is 0 Å². The molecule has 0 aliphatic carbocycles. The van der Waals surface area contributed by atoms with Crippen LogP contribution in [0.3, 0.4) is 0 Å². The summed E-state index contributed by atoms with van der Waals surface area (Å²) in [6.45, 7) is 13.6. The normalized spacial score (nSPS) is 25.6. The van der Waals surface area contributed by atoms with Crippen molar-refractivity contribution in [3.63, 3.8) is 0 Å². The van der Waals surface area contributed by atoms with Gasteiger partial charge in [0.15, 0.2) is 0 Å². The monoisotopic (exact) mass is 1130 g/mol. The molecule has 3 atom stereocenters. The number of piperidine rings is 9. The van der Waals surface area contributed by atoms with Gasteiger partial charge >= 0.3 is 18.3 Å². The Bertz CT molecular complexity index is 2940. The van der Waals surface area contributed by atoms with Crippen LogP contribution in [0, 0.1) is 29.4 Å². The van der Waals surface area contributed by atoms with Crippen LogP contribution >= 0.6 is 0 Å². The van der Waals surface area contributed by atoms with Crippen LogP contribution in [-0.4, -0.2) is 143 Å². The Morgan fingerprint density at radius 1 is 0.422 bits per heavy atom. The number of carbonyl (C=O) groups is 3. The van der Waals surface area contributed by atoms with E-state index in [1.165, 1.54) is 123 Å². The van der Waals surface area contributed by atoms with E-state index in [-0.39, 0.29) is 29.9 Å². The summed E-state index contributed by atoms with van der Waals surface area (Å²) in [4.78, 5) is 47.6. The molecule has 0 spiro atoms. The summed E-state index contributed by atoms with van der Waals surface area (Å²) in [5, 5.41) is 18.2. The molecule has 0 radical (unpaired) electrons. The minimum Gasteiger partial charge on any atom is -0.465 e. The summed E-state index contributed by atoms with van der Waals surface area (Å²) in [7, 11) is 0. The van der Waals surface area contributed by atoms with Crippen molar-refractivity contribution in [1.82, 2.24) is 29.4 Å². The van der Waals surface area contributed by atoms with E-state index in [0.29, 0.717) is 44.1 Å². The van der Waals surface area contributed by atoms with Crippen molar-refractivity contribution in [1.29, 1.82) is 0 Å². The SMILES string of the molecule is C1CN2CCC1CC2.C1CN2CCC1CC2.O=C(O)N1CCc2ccccc2C1.O=C(O)N1CCc2ccccc2[C@@H]1c1cccc(F)c1.O=C(O[C@@H]1CN2CCC1CC2)N1CCc2ccccc2[C@@H]1c1ccc(F)cc1.c1ccccc1. The zero-order valence-electron chi connectivity index (χ0n) is 47.9. The Hall–Kier alpha value is -7.13. The van der Waals surface area contributed by atoms with E-state index in [2.05, 4.69) is 32.9 Å². The van der Waals surface area contributed by atoms with Gasteiger partial charge in [0, 0.05) is 32.7 Å². The van der Waals surface area contributed by atoms with Gasteiger partial charge in [0.25, 0.3) is 0 Å². The molecule has 18 rings (SSSR count). The van der Waals surface area contributed by atoms with Crippen molar-refractivity contribution in [2.45, 2.75) is 95.4 Å². The zero-order chi connectivity index (χ0) is 57.5. The molecular weight excluding hydrogens is 1050 g/mol. The van der Waals surface area contributed by atoms with Crippen LogP contribution in [0.25, 0.3) is 0 Å². The van der Waals surface area contributed by atoms with Crippen molar-refractivity contribution >= 4 is 18.3 Å². The lowest BCUT2D eigenvalue weighted by Gasteiger charge is -2.45. The fraction of sp³-hybridized carbons (Fsp3) is 0.435. The molecule has 6 aromatic rings. The number of carbonyl (C=O) groups excluding carboxylic acids is 1. The minimum absolute atomic E-state index is 0.0129. The standard InChI is InChI=1S/C23H25FN2O2.C16H14FNO2.C10H11NO2.2C7H13N.C6H6/c24-19-7-5-18(6-8-19)22-20-4-2-1-3-16(20)11-14-26(22)23(27)28-21-15-25-12-9-17(21)10-13-25;17-13-6-3-5-12(10-13)15-14-7-2-1-4-11(14)8-9-18(15)16(19)20;12-10(13)11-6-5-8-3-1-2-4-9(8)7-11;2*1-4-8-5-2-7(1)3-6-8;1-2-4-6-5-3-1/h1-8,17,21-22H,9-15H2;1-7,10,15H,8-9H2,(H,19,20);1-4H,5-7H2,(H,12,13);2*7H,1-6H2;1-6H/t21-,22+;15-;;;;/m10..../s1. The maximum Gasteiger partial charge on any atom is 0.410 e. The Kier molecular flexibility index (Phi) is 20.6. The smallest absolute Gasteiger partial charge is 0.410 e. The largest absolute Gasteiger partial charge is 0.465 e. The van der Waals surface area contributed by atoms with Gasteiger partial charge in [-0.1, -0.05) is 133 Å². The average Bonchev–Trinajstić information content (AvgIpc) is 3.72. The minimum atomic E-state index is -0.978. The van der Waals surface area contributed by atoms with E-state index in [1.54, 1.807) is 24.3 Å². The first-order chi connectivity index (χ1) is 40.5. The predicted molar refractivity (Wildman–Crippen MR) is 320 cm³/mol. The number of hydrogen-bond donors (Lipinski definition) is 2. The number of amides is 3. The summed E-state index contributed by atoms with van der Waals surface area (Å²) in [5.74, 6) is 2.08. The molecule has 9 saturated heterocycles. The van der Waals surface area contributed by atoms with Crippen molar-refractivity contribution in [2.75, 3.05) is 78.5 Å². The molecule has 83 heavy (non-hydrogen) atoms. The topological polar surface area (TPSA) is 120 Å². The molecule has 6 aromatic carbocycles. The average molecular weight is 1130 g/mol. The highest BCUT2D eigenvalue weighted by molar-refractivity contribution is 5.71. The Morgan fingerprint density at radius 2 is 0.892 bits per heavy atom. The Morgan fingerprint density at radius 3 is 1.35 bits per heavy atom. The number of halogens is 2. The maximum atomic E-state index is 13.5. The number of nitrogens with zero attached hydrogens (tertiary/aromatic N) is 6. The van der Waals surface area contributed by atoms with E-state index < -0.39 is 18.2 Å². The molecule has 9 fully saturated rings. The highest BCUT2D eigenvalue weighted by Crippen LogP contribution is 2.38. The number of ether oxygens (including phenoxy) is 1. The fourth-order valence-electron chi connectivity index (χ4n) is 13.6. The van der Waals surface area contributed by atoms with E-state index in [0.717, 1.165) is 85.0 Å². The summed E-state index contributed by atoms with van der Waals surface area (Å²) in [5.41, 5.74) is 8.40. The second kappa shape index (κ2) is 28.9. The van der Waals surface area contributed by atoms with E-state index in [1.807, 2.05) is 95.9 Å². The first-order valence-electron chi connectivity index (χ1n) is 30.4. The Balaban J connectivity index is 0.000000121. The van der Waals surface area contributed by atoms with Crippen LogP contribution in [0.2, 0.25) is 0 Å². The lowest BCUT2D eigenvalue weighted by molar-refractivity contribution is -0.0462. The van der Waals surface area contributed by atoms with Gasteiger partial charge in [0.1, 0.15) is 17.7 Å². The molecule has 0 saturated carbocycles. The van der Waals surface area contributed by atoms with Crippen LogP contribution < -0.4 is 0 Å². The van der Waals surface area contributed by atoms with Gasteiger partial charge in [-0.2, -0.15) is 0 Å². The zero-order valence-corrected chi connectivity index (χ0v) is 47.9. The van der Waals surface area contributed by atoms with Gasteiger partial charge in [0.05, 0.1) is 12.1 Å². The van der Waals surface area contributed by atoms with Crippen LogP contribution in [0.4, 0.5) is 23.2 Å². The van der Waals surface area contributed by atoms with Gasteiger partial charge in [-0.3, -0.25) is 14.7 Å². The van der Waals surface area contributed by atoms with Gasteiger partial charge < -0.3 is 29.6 Å². The van der Waals surface area contributed by atoms with Crippen LogP contribution in [0.15, 0.2) is 158 Å². The molecule has 0 aromatic heterocycles. The molecule has 14 heteroatoms. The van der Waals surface area contributed by atoms with Gasteiger partial charge in [-0.15, -0.1) is 0 Å². The second-order valence-electron chi connectivity index (χ2n) is 23.6. The molecule has 12 aliphatic rings. The lowest BCUT2D eigenvalue weighted by Crippen LogP contribution is -2.53. The highest BCUT2D eigenvalue weighted by Gasteiger charge is 2.40. The van der Waals surface area contributed by atoms with Gasteiger partial charge in [-0.25, -0.2) is 23.2 Å². The van der Waals surface area contributed by atoms with Gasteiger partial charge in [-0.05, 0) is 210 Å². The first kappa shape index (κ1) is 59.0. The number of rotatable bonds is 3.